The molecule has 0 aliphatic heterocycles. The van der Waals surface area contributed by atoms with Crippen LogP contribution in [0.4, 0.5) is 0 Å². The molecule has 0 fully saturated rings. The van der Waals surface area contributed by atoms with Crippen molar-refractivity contribution in [2.45, 2.75) is 19.1 Å². The first-order valence-corrected chi connectivity index (χ1v) is 4.37. The first-order chi connectivity index (χ1) is 4.04. The van der Waals surface area contributed by atoms with E-state index >= 15 is 0 Å². The zero-order valence-corrected chi connectivity index (χ0v) is 6.27. The molecule has 0 saturated carbocycles. The summed E-state index contributed by atoms with van der Waals surface area (Å²) in [6.07, 6.45) is 0. The van der Waals surface area contributed by atoms with Crippen LogP contribution >= 0.6 is 0 Å². The fraction of sp³-hybridized carbons (Fsp3) is 0.800. The summed E-state index contributed by atoms with van der Waals surface area (Å²) in [4.78, 5) is 0. The number of nitriles is 1. The minimum Gasteiger partial charge on any atom is -0.227 e. The summed E-state index contributed by atoms with van der Waals surface area (Å²) in [6, 6.07) is 1.67. The molecule has 4 heteroatoms. The van der Waals surface area contributed by atoms with Gasteiger partial charge in [-0.15, -0.1) is 0 Å². The van der Waals surface area contributed by atoms with Crippen LogP contribution in [0.1, 0.15) is 13.8 Å². The van der Waals surface area contributed by atoms with E-state index in [4.69, 9.17) is 5.26 Å². The van der Waals surface area contributed by atoms with Crippen LogP contribution in [0.15, 0.2) is 0 Å². The Morgan fingerprint density at radius 1 is 1.67 bits per heavy atom. The summed E-state index contributed by atoms with van der Waals surface area (Å²) in [5.74, 6) is 0.0434. The summed E-state index contributed by atoms with van der Waals surface area (Å²) in [7, 11) is -3.11. The van der Waals surface area contributed by atoms with E-state index in [0.717, 1.165) is 0 Å². The Labute approximate surface area is 55.2 Å². The largest absolute Gasteiger partial charge is 0.227 e. The van der Waals surface area contributed by atoms with Gasteiger partial charge in [0.05, 0.1) is 6.07 Å². The summed E-state index contributed by atoms with van der Waals surface area (Å²) in [5.41, 5.74) is 0. The van der Waals surface area contributed by atoms with Gasteiger partial charge in [-0.25, -0.2) is 8.42 Å². The Kier molecular flexibility index (Phi) is 2.65. The predicted octanol–water partition coefficient (Wildman–Crippen LogP) is 0.333. The molecule has 0 bridgehead atoms. The first-order valence-electron chi connectivity index (χ1n) is 2.65. The average molecular weight is 147 g/mol. The lowest BCUT2D eigenvalue weighted by atomic mass is 10.5. The highest BCUT2D eigenvalue weighted by molar-refractivity contribution is 7.92. The van der Waals surface area contributed by atoms with Gasteiger partial charge in [-0.3, -0.25) is 0 Å². The highest BCUT2D eigenvalue weighted by atomic mass is 32.2. The lowest BCUT2D eigenvalue weighted by molar-refractivity contribution is 0.593. The van der Waals surface area contributed by atoms with Crippen molar-refractivity contribution in [1.82, 2.24) is 0 Å². The van der Waals surface area contributed by atoms with E-state index in [0.29, 0.717) is 0 Å². The third kappa shape index (κ3) is 2.02. The monoisotopic (exact) mass is 147 g/mol. The van der Waals surface area contributed by atoms with Gasteiger partial charge in [0.15, 0.2) is 9.84 Å². The van der Waals surface area contributed by atoms with Crippen LogP contribution in [0.25, 0.3) is 0 Å². The van der Waals surface area contributed by atoms with E-state index in [9.17, 15) is 8.42 Å². The predicted molar refractivity (Wildman–Crippen MR) is 34.5 cm³/mol. The molecule has 0 saturated heterocycles. The van der Waals surface area contributed by atoms with Crippen LogP contribution in [-0.2, 0) is 9.84 Å². The summed E-state index contributed by atoms with van der Waals surface area (Å²) in [5, 5.41) is 7.31. The van der Waals surface area contributed by atoms with E-state index < -0.39 is 15.1 Å². The van der Waals surface area contributed by atoms with Gasteiger partial charge in [0, 0.05) is 5.75 Å². The number of rotatable bonds is 2. The van der Waals surface area contributed by atoms with E-state index in [1.165, 1.54) is 13.8 Å². The quantitative estimate of drug-likeness (QED) is 0.565. The molecule has 0 heterocycles. The van der Waals surface area contributed by atoms with Crippen molar-refractivity contribution in [1.29, 1.82) is 5.26 Å². The smallest absolute Gasteiger partial charge is 0.165 e. The third-order valence-electron chi connectivity index (χ3n) is 1.12. The zero-order valence-electron chi connectivity index (χ0n) is 5.46. The van der Waals surface area contributed by atoms with Crippen molar-refractivity contribution >= 4 is 9.84 Å². The minimum absolute atomic E-state index is 0.0434. The molecule has 0 N–H and O–H groups in total. The second-order valence-corrected chi connectivity index (χ2v) is 4.33. The van der Waals surface area contributed by atoms with Gasteiger partial charge in [0.1, 0.15) is 5.25 Å². The molecule has 52 valence electrons. The Balaban J connectivity index is 4.41. The Morgan fingerprint density at radius 2 is 2.11 bits per heavy atom. The molecule has 0 aromatic carbocycles. The van der Waals surface area contributed by atoms with Crippen LogP contribution in [0.2, 0.25) is 0 Å². The molecular formula is C5H9NO2S. The van der Waals surface area contributed by atoms with Crippen LogP contribution < -0.4 is 0 Å². The van der Waals surface area contributed by atoms with Crippen LogP contribution in [-0.4, -0.2) is 19.4 Å². The molecule has 0 rings (SSSR count). The molecule has 0 aromatic heterocycles. The molecule has 0 aliphatic carbocycles. The SMILES string of the molecule is CCS(=O)(=O)[C@H](C)C#N. The van der Waals surface area contributed by atoms with Crippen molar-refractivity contribution in [3.63, 3.8) is 0 Å². The first kappa shape index (κ1) is 8.44. The molecule has 3 nitrogen and oxygen atoms in total. The lowest BCUT2D eigenvalue weighted by Crippen LogP contribution is -2.17. The molecule has 0 unspecified atom stereocenters. The van der Waals surface area contributed by atoms with Gasteiger partial charge < -0.3 is 0 Å². The van der Waals surface area contributed by atoms with Crippen molar-refractivity contribution in [3.05, 3.63) is 0 Å². The highest BCUT2D eigenvalue weighted by Crippen LogP contribution is 1.98. The molecule has 0 aliphatic rings. The number of hydrogen-bond donors (Lipinski definition) is 0. The number of nitrogens with zero attached hydrogens (tertiary/aromatic N) is 1. The maximum absolute atomic E-state index is 10.7. The maximum Gasteiger partial charge on any atom is 0.165 e. The van der Waals surface area contributed by atoms with E-state index in [-0.39, 0.29) is 5.75 Å². The van der Waals surface area contributed by atoms with E-state index in [1.807, 2.05) is 0 Å². The fourth-order valence-corrected chi connectivity index (χ4v) is 0.991. The van der Waals surface area contributed by atoms with E-state index in [2.05, 4.69) is 0 Å². The molecule has 9 heavy (non-hydrogen) atoms. The molecule has 0 aromatic rings. The topological polar surface area (TPSA) is 57.9 Å². The normalized spacial score (nSPS) is 14.3. The Morgan fingerprint density at radius 3 is 2.22 bits per heavy atom. The highest BCUT2D eigenvalue weighted by Gasteiger charge is 2.16. The van der Waals surface area contributed by atoms with Gasteiger partial charge in [0.25, 0.3) is 0 Å². The van der Waals surface area contributed by atoms with Crippen molar-refractivity contribution in [2.24, 2.45) is 0 Å². The molecule has 1 atom stereocenters. The molecule has 0 amide bonds. The maximum atomic E-state index is 10.7. The van der Waals surface area contributed by atoms with Crippen molar-refractivity contribution in [3.8, 4) is 6.07 Å². The lowest BCUT2D eigenvalue weighted by Gasteiger charge is -1.98. The minimum atomic E-state index is -3.11. The standard InChI is InChI=1S/C5H9NO2S/c1-3-9(7,8)5(2)4-6/h5H,3H2,1-2H3/t5-/m1/s1. The van der Waals surface area contributed by atoms with E-state index in [1.54, 1.807) is 6.07 Å². The summed E-state index contributed by atoms with van der Waals surface area (Å²) < 4.78 is 21.4. The van der Waals surface area contributed by atoms with Crippen molar-refractivity contribution < 1.29 is 8.42 Å². The number of sulfone groups is 1. The second kappa shape index (κ2) is 2.83. The van der Waals surface area contributed by atoms with Gasteiger partial charge in [-0.1, -0.05) is 6.92 Å². The van der Waals surface area contributed by atoms with Crippen molar-refractivity contribution in [2.75, 3.05) is 5.75 Å². The molecule has 0 radical (unpaired) electrons. The Bertz CT molecular complexity index is 212. The van der Waals surface area contributed by atoms with Crippen LogP contribution in [0.3, 0.4) is 0 Å². The van der Waals surface area contributed by atoms with Crippen LogP contribution in [0, 0.1) is 11.3 Å². The Hall–Kier alpha value is -0.560. The van der Waals surface area contributed by atoms with Gasteiger partial charge in [-0.2, -0.15) is 5.26 Å². The number of hydrogen-bond acceptors (Lipinski definition) is 3. The second-order valence-electron chi connectivity index (χ2n) is 1.72. The van der Waals surface area contributed by atoms with Gasteiger partial charge in [-0.05, 0) is 6.92 Å². The summed E-state index contributed by atoms with van der Waals surface area (Å²) >= 11 is 0. The summed E-state index contributed by atoms with van der Waals surface area (Å²) in [6.45, 7) is 2.92. The molecular weight excluding hydrogens is 138 g/mol. The van der Waals surface area contributed by atoms with Gasteiger partial charge in [0.2, 0.25) is 0 Å². The fourth-order valence-electron chi connectivity index (χ4n) is 0.330. The van der Waals surface area contributed by atoms with Crippen LogP contribution in [0.5, 0.6) is 0 Å². The van der Waals surface area contributed by atoms with Gasteiger partial charge >= 0.3 is 0 Å². The zero-order chi connectivity index (χ0) is 7.49. The average Bonchev–Trinajstić information content (AvgIpc) is 1.86. The molecule has 0 spiro atoms. The third-order valence-corrected chi connectivity index (χ3v) is 3.11.